The molecular weight excluding hydrogens is 421 g/mol. The van der Waals surface area contributed by atoms with Gasteiger partial charge in [-0.25, -0.2) is 8.78 Å². The number of ether oxygens (including phenoxy) is 1. The minimum Gasteiger partial charge on any atom is -0.491 e. The van der Waals surface area contributed by atoms with Crippen molar-refractivity contribution in [2.45, 2.75) is 77.6 Å². The molecule has 1 aromatic carbocycles. The quantitative estimate of drug-likeness (QED) is 0.370. The average molecular weight is 461 g/mol. The molecule has 0 heterocycles. The van der Waals surface area contributed by atoms with Gasteiger partial charge in [0.15, 0.2) is 11.6 Å². The number of benzene rings is 1. The van der Waals surface area contributed by atoms with Gasteiger partial charge in [-0.05, 0) is 125 Å². The summed E-state index contributed by atoms with van der Waals surface area (Å²) in [6, 6.07) is 3.22. The van der Waals surface area contributed by atoms with Crippen LogP contribution in [0, 0.1) is 41.2 Å². The summed E-state index contributed by atoms with van der Waals surface area (Å²) in [5.41, 5.74) is 1.34. The predicted octanol–water partition coefficient (Wildman–Crippen LogP) is 8.69. The van der Waals surface area contributed by atoms with Crippen molar-refractivity contribution < 1.29 is 17.9 Å². The van der Waals surface area contributed by atoms with Gasteiger partial charge in [-0.1, -0.05) is 18.2 Å². The van der Waals surface area contributed by atoms with Crippen LogP contribution in [0.25, 0.3) is 5.57 Å². The summed E-state index contributed by atoms with van der Waals surface area (Å²) in [6.45, 7) is 1.75. The Morgan fingerprint density at radius 1 is 0.848 bits per heavy atom. The van der Waals surface area contributed by atoms with Crippen LogP contribution in [0.2, 0.25) is 0 Å². The van der Waals surface area contributed by atoms with E-state index in [1.165, 1.54) is 51.4 Å². The number of hydrogen-bond donors (Lipinski definition) is 0. The van der Waals surface area contributed by atoms with E-state index in [9.17, 15) is 13.2 Å². The van der Waals surface area contributed by atoms with Crippen LogP contribution < -0.4 is 4.74 Å². The van der Waals surface area contributed by atoms with E-state index in [1.807, 2.05) is 0 Å². The molecular formula is C29H39F3O. The standard InChI is InChI=1S/C29H39F3O/c1-2-33-27-18-17-26(28(31)29(27)32)25-15-13-24(14-16-25)23-11-9-22(10-12-23)21-7-5-20(6-8-21)4-3-19-30/h3-4,15,17-18,20-24H,2,5-14,16,19H2,1H3. The molecule has 1 nitrogen and oxygen atoms in total. The van der Waals surface area contributed by atoms with Gasteiger partial charge >= 0.3 is 0 Å². The number of halogens is 3. The predicted molar refractivity (Wildman–Crippen MR) is 129 cm³/mol. The summed E-state index contributed by atoms with van der Waals surface area (Å²) in [7, 11) is 0. The van der Waals surface area contributed by atoms with Crippen LogP contribution in [0.15, 0.2) is 30.4 Å². The molecule has 4 rings (SSSR count). The lowest BCUT2D eigenvalue weighted by Crippen LogP contribution is -2.28. The average Bonchev–Trinajstić information content (AvgIpc) is 2.86. The molecule has 2 saturated carbocycles. The monoisotopic (exact) mass is 460 g/mol. The van der Waals surface area contributed by atoms with Gasteiger partial charge < -0.3 is 4.74 Å². The van der Waals surface area contributed by atoms with Crippen molar-refractivity contribution in [3.8, 4) is 5.75 Å². The van der Waals surface area contributed by atoms with E-state index in [1.54, 1.807) is 25.1 Å². The topological polar surface area (TPSA) is 9.23 Å². The molecule has 0 N–H and O–H groups in total. The number of alkyl halides is 1. The van der Waals surface area contributed by atoms with E-state index in [2.05, 4.69) is 12.2 Å². The van der Waals surface area contributed by atoms with Gasteiger partial charge in [0.05, 0.1) is 6.61 Å². The zero-order valence-corrected chi connectivity index (χ0v) is 20.0. The molecule has 0 radical (unpaired) electrons. The molecule has 33 heavy (non-hydrogen) atoms. The highest BCUT2D eigenvalue weighted by atomic mass is 19.2. The first-order valence-electron chi connectivity index (χ1n) is 13.1. The van der Waals surface area contributed by atoms with Gasteiger partial charge in [-0.3, -0.25) is 0 Å². The van der Waals surface area contributed by atoms with Crippen LogP contribution in [-0.2, 0) is 0 Å². The van der Waals surface area contributed by atoms with Crippen molar-refractivity contribution in [3.63, 3.8) is 0 Å². The SMILES string of the molecule is CCOc1ccc(C2=CCC(C3CCC(C4CCC(C=CCF)CC4)CC3)CC2)c(F)c1F. The molecule has 0 aromatic heterocycles. The fraction of sp³-hybridized carbons (Fsp3) is 0.655. The summed E-state index contributed by atoms with van der Waals surface area (Å²) in [6.07, 6.45) is 19.2. The lowest BCUT2D eigenvalue weighted by Gasteiger charge is -2.40. The maximum atomic E-state index is 14.6. The molecule has 3 aliphatic carbocycles. The molecule has 0 amide bonds. The van der Waals surface area contributed by atoms with Crippen LogP contribution in [0.5, 0.6) is 5.75 Å². The first-order valence-corrected chi connectivity index (χ1v) is 13.1. The number of allylic oxidation sites excluding steroid dienone is 4. The molecule has 4 heteroatoms. The minimum absolute atomic E-state index is 0.00509. The molecule has 2 fully saturated rings. The highest BCUT2D eigenvalue weighted by Gasteiger charge is 2.33. The third kappa shape index (κ3) is 5.87. The Balaban J connectivity index is 1.27. The van der Waals surface area contributed by atoms with Crippen LogP contribution in [-0.4, -0.2) is 13.3 Å². The molecule has 182 valence electrons. The van der Waals surface area contributed by atoms with Crippen molar-refractivity contribution >= 4 is 5.57 Å². The summed E-state index contributed by atoms with van der Waals surface area (Å²) < 4.78 is 46.4. The van der Waals surface area contributed by atoms with E-state index >= 15 is 0 Å². The van der Waals surface area contributed by atoms with Crippen molar-refractivity contribution in [1.82, 2.24) is 0 Å². The van der Waals surface area contributed by atoms with E-state index in [4.69, 9.17) is 4.74 Å². The summed E-state index contributed by atoms with van der Waals surface area (Å²) in [5, 5.41) is 0. The van der Waals surface area contributed by atoms with E-state index < -0.39 is 11.6 Å². The summed E-state index contributed by atoms with van der Waals surface area (Å²) in [5.74, 6) is 2.10. The van der Waals surface area contributed by atoms with E-state index in [0.29, 0.717) is 24.0 Å². The van der Waals surface area contributed by atoms with Crippen molar-refractivity contribution in [1.29, 1.82) is 0 Å². The molecule has 0 saturated heterocycles. The zero-order chi connectivity index (χ0) is 23.2. The molecule has 0 spiro atoms. The lowest BCUT2D eigenvalue weighted by atomic mass is 9.66. The molecule has 0 bridgehead atoms. The smallest absolute Gasteiger partial charge is 0.201 e. The molecule has 3 aliphatic rings. The van der Waals surface area contributed by atoms with Crippen molar-refractivity contribution in [2.75, 3.05) is 13.3 Å². The Kier molecular flexibility index (Phi) is 8.60. The lowest BCUT2D eigenvalue weighted by molar-refractivity contribution is 0.128. The summed E-state index contributed by atoms with van der Waals surface area (Å²) >= 11 is 0. The Morgan fingerprint density at radius 2 is 1.48 bits per heavy atom. The summed E-state index contributed by atoms with van der Waals surface area (Å²) in [4.78, 5) is 0. The fourth-order valence-corrected chi connectivity index (χ4v) is 6.71. The van der Waals surface area contributed by atoms with Crippen LogP contribution >= 0.6 is 0 Å². The minimum atomic E-state index is -0.872. The second-order valence-corrected chi connectivity index (χ2v) is 10.4. The third-order valence-electron chi connectivity index (χ3n) is 8.61. The molecule has 1 aromatic rings. The second-order valence-electron chi connectivity index (χ2n) is 10.4. The Hall–Kier alpha value is -1.71. The van der Waals surface area contributed by atoms with Gasteiger partial charge in [0.2, 0.25) is 5.82 Å². The maximum Gasteiger partial charge on any atom is 0.201 e. The van der Waals surface area contributed by atoms with Gasteiger partial charge in [-0.15, -0.1) is 0 Å². The van der Waals surface area contributed by atoms with E-state index in [0.717, 1.165) is 42.6 Å². The zero-order valence-electron chi connectivity index (χ0n) is 20.0. The normalized spacial score (nSPS) is 30.9. The van der Waals surface area contributed by atoms with Crippen LogP contribution in [0.3, 0.4) is 0 Å². The first-order chi connectivity index (χ1) is 16.1. The van der Waals surface area contributed by atoms with Gasteiger partial charge in [-0.2, -0.15) is 4.39 Å². The van der Waals surface area contributed by atoms with Gasteiger partial charge in [0.1, 0.15) is 6.67 Å². The number of hydrogen-bond acceptors (Lipinski definition) is 1. The van der Waals surface area contributed by atoms with Crippen LogP contribution in [0.4, 0.5) is 13.2 Å². The van der Waals surface area contributed by atoms with Gasteiger partial charge in [0, 0.05) is 5.56 Å². The van der Waals surface area contributed by atoms with Gasteiger partial charge in [0.25, 0.3) is 0 Å². The largest absolute Gasteiger partial charge is 0.491 e. The Labute approximate surface area is 197 Å². The highest BCUT2D eigenvalue weighted by molar-refractivity contribution is 5.67. The molecule has 1 unspecified atom stereocenters. The first kappa shape index (κ1) is 24.4. The highest BCUT2D eigenvalue weighted by Crippen LogP contribution is 2.46. The van der Waals surface area contributed by atoms with Crippen LogP contribution in [0.1, 0.15) is 83.1 Å². The second kappa shape index (κ2) is 11.6. The Bertz CT molecular complexity index is 830. The number of rotatable bonds is 7. The molecule has 1 atom stereocenters. The third-order valence-corrected chi connectivity index (χ3v) is 8.61. The fourth-order valence-electron chi connectivity index (χ4n) is 6.71. The van der Waals surface area contributed by atoms with Crippen molar-refractivity contribution in [2.24, 2.45) is 29.6 Å². The van der Waals surface area contributed by atoms with Crippen molar-refractivity contribution in [3.05, 3.63) is 47.6 Å². The van der Waals surface area contributed by atoms with E-state index in [-0.39, 0.29) is 12.4 Å². The Morgan fingerprint density at radius 3 is 2.06 bits per heavy atom. The molecule has 0 aliphatic heterocycles. The maximum absolute atomic E-state index is 14.6.